The Balaban J connectivity index is 2.06. The van der Waals surface area contributed by atoms with Crippen molar-refractivity contribution in [2.45, 2.75) is 71.1 Å². The molecule has 2 rings (SSSR count). The Labute approximate surface area is 129 Å². The van der Waals surface area contributed by atoms with Crippen LogP contribution in [0.2, 0.25) is 0 Å². The highest BCUT2D eigenvalue weighted by Gasteiger charge is 2.37. The zero-order chi connectivity index (χ0) is 14.6. The second kappa shape index (κ2) is 6.98. The molecule has 1 heteroatoms. The van der Waals surface area contributed by atoms with E-state index in [0.29, 0.717) is 11.3 Å². The maximum Gasteiger partial charge on any atom is 0.0618 e. The fourth-order valence-corrected chi connectivity index (χ4v) is 4.16. The Kier molecular flexibility index (Phi) is 5.55. The van der Waals surface area contributed by atoms with Gasteiger partial charge in [0.2, 0.25) is 0 Å². The summed E-state index contributed by atoms with van der Waals surface area (Å²) in [5.74, 6) is 0.611. The predicted octanol–water partition coefficient (Wildman–Crippen LogP) is 6.53. The summed E-state index contributed by atoms with van der Waals surface area (Å²) in [6.07, 6.45) is 9.03. The number of benzene rings is 1. The van der Waals surface area contributed by atoms with Crippen LogP contribution in [-0.4, -0.2) is 0 Å². The van der Waals surface area contributed by atoms with Gasteiger partial charge in [0.15, 0.2) is 0 Å². The Morgan fingerprint density at radius 1 is 1.20 bits per heavy atom. The van der Waals surface area contributed by atoms with Crippen molar-refractivity contribution in [1.82, 2.24) is 0 Å². The number of halogens is 1. The quantitative estimate of drug-likeness (QED) is 0.542. The van der Waals surface area contributed by atoms with Crippen molar-refractivity contribution in [3.8, 4) is 0 Å². The summed E-state index contributed by atoms with van der Waals surface area (Å²) < 4.78 is 0. The highest BCUT2D eigenvalue weighted by molar-refractivity contribution is 6.21. The van der Waals surface area contributed by atoms with Crippen LogP contribution in [0.25, 0.3) is 0 Å². The molecule has 1 aromatic rings. The molecule has 0 radical (unpaired) electrons. The van der Waals surface area contributed by atoms with E-state index in [1.807, 2.05) is 0 Å². The fourth-order valence-electron chi connectivity index (χ4n) is 3.54. The molecule has 1 aliphatic rings. The number of hydrogen-bond donors (Lipinski definition) is 0. The maximum atomic E-state index is 6.83. The second-order valence-corrected chi connectivity index (χ2v) is 7.56. The minimum absolute atomic E-state index is 0.172. The summed E-state index contributed by atoms with van der Waals surface area (Å²) in [4.78, 5) is 0. The van der Waals surface area contributed by atoms with Crippen molar-refractivity contribution in [3.63, 3.8) is 0 Å². The van der Waals surface area contributed by atoms with Crippen molar-refractivity contribution in [2.24, 2.45) is 11.3 Å². The monoisotopic (exact) mass is 292 g/mol. The molecule has 1 aromatic carbocycles. The van der Waals surface area contributed by atoms with Crippen LogP contribution < -0.4 is 0 Å². The van der Waals surface area contributed by atoms with Gasteiger partial charge in [-0.3, -0.25) is 0 Å². The van der Waals surface area contributed by atoms with Crippen LogP contribution in [0.5, 0.6) is 0 Å². The van der Waals surface area contributed by atoms with Crippen molar-refractivity contribution in [3.05, 3.63) is 35.4 Å². The zero-order valence-electron chi connectivity index (χ0n) is 13.3. The number of unbranched alkanes of at least 4 members (excludes halogenated alkanes) is 1. The zero-order valence-corrected chi connectivity index (χ0v) is 14.0. The number of rotatable bonds is 5. The van der Waals surface area contributed by atoms with Crippen LogP contribution in [0.3, 0.4) is 0 Å². The summed E-state index contributed by atoms with van der Waals surface area (Å²) in [5, 5.41) is 0.172. The topological polar surface area (TPSA) is 0 Å². The summed E-state index contributed by atoms with van der Waals surface area (Å²) in [6.45, 7) is 7.03. The normalized spacial score (nSPS) is 23.5. The van der Waals surface area contributed by atoms with E-state index in [9.17, 15) is 0 Å². The van der Waals surface area contributed by atoms with Crippen molar-refractivity contribution >= 4 is 11.6 Å². The van der Waals surface area contributed by atoms with E-state index in [1.54, 1.807) is 0 Å². The molecular weight excluding hydrogens is 264 g/mol. The molecule has 1 saturated carbocycles. The smallest absolute Gasteiger partial charge is 0.0618 e. The summed E-state index contributed by atoms with van der Waals surface area (Å²) >= 11 is 6.83. The Morgan fingerprint density at radius 2 is 1.90 bits per heavy atom. The van der Waals surface area contributed by atoms with Crippen molar-refractivity contribution < 1.29 is 0 Å². The lowest BCUT2D eigenvalue weighted by Gasteiger charge is -2.41. The van der Waals surface area contributed by atoms with E-state index in [2.05, 4.69) is 45.0 Å². The van der Waals surface area contributed by atoms with Crippen LogP contribution in [0.4, 0.5) is 0 Å². The first-order valence-corrected chi connectivity index (χ1v) is 8.71. The molecular formula is C19H29Cl. The molecule has 0 heterocycles. The van der Waals surface area contributed by atoms with Gasteiger partial charge in [-0.15, -0.1) is 11.6 Å². The molecule has 20 heavy (non-hydrogen) atoms. The van der Waals surface area contributed by atoms with Crippen LogP contribution in [-0.2, 0) is 6.42 Å². The summed E-state index contributed by atoms with van der Waals surface area (Å²) in [5.41, 5.74) is 3.14. The first-order valence-electron chi connectivity index (χ1n) is 8.27. The van der Waals surface area contributed by atoms with Gasteiger partial charge in [-0.1, -0.05) is 64.3 Å². The third-order valence-electron chi connectivity index (χ3n) is 5.06. The lowest BCUT2D eigenvalue weighted by atomic mass is 9.66. The molecule has 0 saturated heterocycles. The Morgan fingerprint density at radius 3 is 2.50 bits per heavy atom. The first-order chi connectivity index (χ1) is 9.54. The van der Waals surface area contributed by atoms with Gasteiger partial charge in [-0.05, 0) is 48.1 Å². The van der Waals surface area contributed by atoms with Crippen LogP contribution in [0, 0.1) is 11.3 Å². The molecule has 0 aliphatic heterocycles. The van der Waals surface area contributed by atoms with Gasteiger partial charge < -0.3 is 0 Å². The van der Waals surface area contributed by atoms with Gasteiger partial charge in [0.1, 0.15) is 0 Å². The molecule has 0 bridgehead atoms. The molecule has 0 aromatic heterocycles. The lowest BCUT2D eigenvalue weighted by molar-refractivity contribution is 0.133. The molecule has 0 nitrogen and oxygen atoms in total. The van der Waals surface area contributed by atoms with Crippen LogP contribution >= 0.6 is 11.6 Å². The average molecular weight is 293 g/mol. The molecule has 0 N–H and O–H groups in total. The summed E-state index contributed by atoms with van der Waals surface area (Å²) in [7, 11) is 0. The molecule has 0 amide bonds. The number of alkyl halides is 1. The van der Waals surface area contributed by atoms with Gasteiger partial charge in [0.25, 0.3) is 0 Å². The molecule has 2 atom stereocenters. The lowest BCUT2D eigenvalue weighted by Crippen LogP contribution is -2.30. The van der Waals surface area contributed by atoms with E-state index in [4.69, 9.17) is 11.6 Å². The Hall–Kier alpha value is -0.490. The highest BCUT2D eigenvalue weighted by atomic mass is 35.5. The number of hydrogen-bond acceptors (Lipinski definition) is 0. The molecule has 112 valence electrons. The minimum Gasteiger partial charge on any atom is -0.118 e. The van der Waals surface area contributed by atoms with E-state index >= 15 is 0 Å². The fraction of sp³-hybridized carbons (Fsp3) is 0.684. The Bertz CT molecular complexity index is 404. The highest BCUT2D eigenvalue weighted by Crippen LogP contribution is 2.49. The standard InChI is InChI=1S/C19H29Cl/c1-4-5-8-15-10-12-16(13-11-15)18(20)17-9-6-7-14-19(17,2)3/h10-13,17-18H,4-9,14H2,1-3H3. The third kappa shape index (κ3) is 3.79. The minimum atomic E-state index is 0.172. The van der Waals surface area contributed by atoms with Crippen LogP contribution in [0.1, 0.15) is 75.8 Å². The van der Waals surface area contributed by atoms with Crippen molar-refractivity contribution in [1.29, 1.82) is 0 Å². The average Bonchev–Trinajstić information content (AvgIpc) is 2.44. The van der Waals surface area contributed by atoms with E-state index < -0.39 is 0 Å². The second-order valence-electron chi connectivity index (χ2n) is 7.09. The van der Waals surface area contributed by atoms with E-state index in [-0.39, 0.29) is 5.38 Å². The van der Waals surface area contributed by atoms with Crippen LogP contribution in [0.15, 0.2) is 24.3 Å². The van der Waals surface area contributed by atoms with Gasteiger partial charge >= 0.3 is 0 Å². The summed E-state index contributed by atoms with van der Waals surface area (Å²) in [6, 6.07) is 9.06. The first kappa shape index (κ1) is 15.9. The molecule has 2 unspecified atom stereocenters. The molecule has 1 aliphatic carbocycles. The largest absolute Gasteiger partial charge is 0.118 e. The SMILES string of the molecule is CCCCc1ccc(C(Cl)C2CCCCC2(C)C)cc1. The number of aryl methyl sites for hydroxylation is 1. The van der Waals surface area contributed by atoms with Gasteiger partial charge in [0.05, 0.1) is 5.38 Å². The molecule has 0 spiro atoms. The van der Waals surface area contributed by atoms with Crippen molar-refractivity contribution in [2.75, 3.05) is 0 Å². The van der Waals surface area contributed by atoms with Gasteiger partial charge in [-0.25, -0.2) is 0 Å². The molecule has 1 fully saturated rings. The van der Waals surface area contributed by atoms with Gasteiger partial charge in [-0.2, -0.15) is 0 Å². The predicted molar refractivity (Wildman–Crippen MR) is 89.4 cm³/mol. The van der Waals surface area contributed by atoms with E-state index in [1.165, 1.54) is 56.1 Å². The van der Waals surface area contributed by atoms with Gasteiger partial charge in [0, 0.05) is 0 Å². The third-order valence-corrected chi connectivity index (χ3v) is 5.62. The van der Waals surface area contributed by atoms with E-state index in [0.717, 1.165) is 0 Å². The maximum absolute atomic E-state index is 6.83.